The molecule has 1 aromatic heterocycles. The first kappa shape index (κ1) is 15.7. The molecule has 6 nitrogen and oxygen atoms in total. The molecule has 1 atom stereocenters. The topological polar surface area (TPSA) is 78.2 Å². The van der Waals surface area contributed by atoms with Crippen LogP contribution in [0.15, 0.2) is 0 Å². The molecular formula is C13H25N5O. The van der Waals surface area contributed by atoms with E-state index in [1.54, 1.807) is 4.90 Å². The number of carbonyl (C=O) groups is 1. The lowest BCUT2D eigenvalue weighted by atomic mass is 10.0. The highest BCUT2D eigenvalue weighted by Gasteiger charge is 2.25. The number of amides is 1. The van der Waals surface area contributed by atoms with Gasteiger partial charge in [0.05, 0.1) is 5.69 Å². The molecule has 0 unspecified atom stereocenters. The monoisotopic (exact) mass is 267 g/mol. The number of carbonyl (C=O) groups excluding carboxylic acids is 1. The Morgan fingerprint density at radius 2 is 2.00 bits per heavy atom. The fourth-order valence-electron chi connectivity index (χ4n) is 2.08. The Labute approximate surface area is 114 Å². The standard InChI is InChI=1S/C13H25N5O/c1-6-18(8-7-17(4)5)13(19)12(14)11-9(2)15-16-10(11)3/h12H,6-8,14H2,1-5H3,(H,15,16)/t12-/m0/s1. The van der Waals surface area contributed by atoms with Crippen molar-refractivity contribution in [2.24, 2.45) is 5.73 Å². The van der Waals surface area contributed by atoms with Crippen LogP contribution in [0, 0.1) is 13.8 Å². The molecular weight excluding hydrogens is 242 g/mol. The summed E-state index contributed by atoms with van der Waals surface area (Å²) in [7, 11) is 3.98. The van der Waals surface area contributed by atoms with E-state index in [-0.39, 0.29) is 5.91 Å². The molecule has 19 heavy (non-hydrogen) atoms. The molecule has 1 rings (SSSR count). The maximum atomic E-state index is 12.4. The number of nitrogens with zero attached hydrogens (tertiary/aromatic N) is 3. The summed E-state index contributed by atoms with van der Waals surface area (Å²) in [6.45, 7) is 7.90. The fraction of sp³-hybridized carbons (Fsp3) is 0.692. The molecule has 1 amide bonds. The molecule has 0 bridgehead atoms. The third-order valence-corrected chi connectivity index (χ3v) is 3.27. The summed E-state index contributed by atoms with van der Waals surface area (Å²) in [4.78, 5) is 16.3. The van der Waals surface area contributed by atoms with Gasteiger partial charge >= 0.3 is 0 Å². The van der Waals surface area contributed by atoms with Crippen molar-refractivity contribution >= 4 is 5.91 Å². The summed E-state index contributed by atoms with van der Waals surface area (Å²) in [5.74, 6) is -0.0445. The number of aryl methyl sites for hydroxylation is 2. The normalized spacial score (nSPS) is 12.8. The number of aromatic nitrogens is 2. The first-order valence-corrected chi connectivity index (χ1v) is 6.59. The van der Waals surface area contributed by atoms with Gasteiger partial charge in [-0.2, -0.15) is 5.10 Å². The minimum Gasteiger partial charge on any atom is -0.340 e. The van der Waals surface area contributed by atoms with E-state index in [4.69, 9.17) is 5.73 Å². The first-order chi connectivity index (χ1) is 8.88. The second kappa shape index (κ2) is 6.68. The second-order valence-electron chi connectivity index (χ2n) is 5.05. The first-order valence-electron chi connectivity index (χ1n) is 6.59. The summed E-state index contributed by atoms with van der Waals surface area (Å²) < 4.78 is 0. The van der Waals surface area contributed by atoms with Crippen molar-refractivity contribution < 1.29 is 4.79 Å². The van der Waals surface area contributed by atoms with Gasteiger partial charge in [0.15, 0.2) is 0 Å². The Hall–Kier alpha value is -1.40. The molecule has 0 saturated heterocycles. The average molecular weight is 267 g/mol. The minimum absolute atomic E-state index is 0.0445. The molecule has 0 spiro atoms. The highest BCUT2D eigenvalue weighted by Crippen LogP contribution is 2.19. The van der Waals surface area contributed by atoms with Crippen LogP contribution < -0.4 is 5.73 Å². The number of rotatable bonds is 6. The van der Waals surface area contributed by atoms with Gasteiger partial charge in [0.25, 0.3) is 0 Å². The van der Waals surface area contributed by atoms with E-state index in [0.717, 1.165) is 23.5 Å². The van der Waals surface area contributed by atoms with E-state index in [2.05, 4.69) is 15.1 Å². The van der Waals surface area contributed by atoms with Crippen molar-refractivity contribution in [3.05, 3.63) is 17.0 Å². The van der Waals surface area contributed by atoms with Crippen molar-refractivity contribution in [1.29, 1.82) is 0 Å². The summed E-state index contributed by atoms with van der Waals surface area (Å²) in [5, 5.41) is 6.97. The molecule has 1 aromatic rings. The fourth-order valence-corrected chi connectivity index (χ4v) is 2.08. The van der Waals surface area contributed by atoms with Gasteiger partial charge in [0.2, 0.25) is 5.91 Å². The Balaban J connectivity index is 2.80. The van der Waals surface area contributed by atoms with E-state index in [9.17, 15) is 4.79 Å². The van der Waals surface area contributed by atoms with Crippen molar-refractivity contribution in [3.63, 3.8) is 0 Å². The predicted molar refractivity (Wildman–Crippen MR) is 75.8 cm³/mol. The van der Waals surface area contributed by atoms with Gasteiger partial charge in [0, 0.05) is 30.9 Å². The third kappa shape index (κ3) is 3.78. The van der Waals surface area contributed by atoms with Crippen LogP contribution in [0.3, 0.4) is 0 Å². The largest absolute Gasteiger partial charge is 0.340 e. The third-order valence-electron chi connectivity index (χ3n) is 3.27. The quantitative estimate of drug-likeness (QED) is 0.784. The predicted octanol–water partition coefficient (Wildman–Crippen LogP) is 0.436. The van der Waals surface area contributed by atoms with E-state index < -0.39 is 6.04 Å². The number of nitrogens with one attached hydrogen (secondary N) is 1. The van der Waals surface area contributed by atoms with Crippen LogP contribution in [-0.4, -0.2) is 59.6 Å². The van der Waals surface area contributed by atoms with Crippen LogP contribution in [0.1, 0.15) is 29.9 Å². The maximum absolute atomic E-state index is 12.4. The van der Waals surface area contributed by atoms with Crippen LogP contribution in [0.25, 0.3) is 0 Å². The Kier molecular flexibility index (Phi) is 5.50. The molecule has 0 fully saturated rings. The van der Waals surface area contributed by atoms with Crippen LogP contribution in [-0.2, 0) is 4.79 Å². The highest BCUT2D eigenvalue weighted by molar-refractivity contribution is 5.83. The number of likely N-dealkylation sites (N-methyl/N-ethyl adjacent to an activating group) is 2. The van der Waals surface area contributed by atoms with Gasteiger partial charge in [-0.3, -0.25) is 9.89 Å². The van der Waals surface area contributed by atoms with Crippen LogP contribution in [0.4, 0.5) is 0 Å². The van der Waals surface area contributed by atoms with Crippen LogP contribution in [0.5, 0.6) is 0 Å². The Bertz CT molecular complexity index is 407. The Morgan fingerprint density at radius 3 is 2.42 bits per heavy atom. The van der Waals surface area contributed by atoms with E-state index >= 15 is 0 Å². The zero-order chi connectivity index (χ0) is 14.6. The molecule has 108 valence electrons. The number of hydrogen-bond acceptors (Lipinski definition) is 4. The molecule has 0 aliphatic rings. The lowest BCUT2D eigenvalue weighted by molar-refractivity contribution is -0.132. The summed E-state index contributed by atoms with van der Waals surface area (Å²) in [5.41, 5.74) is 8.57. The summed E-state index contributed by atoms with van der Waals surface area (Å²) >= 11 is 0. The molecule has 0 aliphatic heterocycles. The van der Waals surface area contributed by atoms with Crippen molar-refractivity contribution in [2.75, 3.05) is 33.7 Å². The lowest BCUT2D eigenvalue weighted by Gasteiger charge is -2.26. The van der Waals surface area contributed by atoms with Gasteiger partial charge in [-0.05, 0) is 34.9 Å². The van der Waals surface area contributed by atoms with Gasteiger partial charge in [-0.25, -0.2) is 0 Å². The minimum atomic E-state index is -0.638. The summed E-state index contributed by atoms with van der Waals surface area (Å²) in [6, 6.07) is -0.638. The number of aromatic amines is 1. The zero-order valence-corrected chi connectivity index (χ0v) is 12.5. The van der Waals surface area contributed by atoms with Crippen LogP contribution >= 0.6 is 0 Å². The van der Waals surface area contributed by atoms with Gasteiger partial charge in [0.1, 0.15) is 6.04 Å². The number of nitrogens with two attached hydrogens (primary N) is 1. The number of H-pyrrole nitrogens is 1. The van der Waals surface area contributed by atoms with Crippen molar-refractivity contribution in [1.82, 2.24) is 20.0 Å². The van der Waals surface area contributed by atoms with Crippen LogP contribution in [0.2, 0.25) is 0 Å². The zero-order valence-electron chi connectivity index (χ0n) is 12.5. The second-order valence-corrected chi connectivity index (χ2v) is 5.05. The number of hydrogen-bond donors (Lipinski definition) is 2. The SMILES string of the molecule is CCN(CCN(C)C)C(=O)[C@@H](N)c1c(C)n[nH]c1C. The smallest absolute Gasteiger partial charge is 0.244 e. The lowest BCUT2D eigenvalue weighted by Crippen LogP contribution is -2.42. The highest BCUT2D eigenvalue weighted by atomic mass is 16.2. The molecule has 0 radical (unpaired) electrons. The van der Waals surface area contributed by atoms with E-state index in [0.29, 0.717) is 13.1 Å². The van der Waals surface area contributed by atoms with Crippen molar-refractivity contribution in [2.45, 2.75) is 26.8 Å². The molecule has 3 N–H and O–H groups in total. The van der Waals surface area contributed by atoms with E-state index in [1.165, 1.54) is 0 Å². The molecule has 0 aromatic carbocycles. The molecule has 0 saturated carbocycles. The molecule has 1 heterocycles. The molecule has 0 aliphatic carbocycles. The Morgan fingerprint density at radius 1 is 1.37 bits per heavy atom. The average Bonchev–Trinajstić information content (AvgIpc) is 2.68. The van der Waals surface area contributed by atoms with Gasteiger partial charge in [-0.15, -0.1) is 0 Å². The maximum Gasteiger partial charge on any atom is 0.244 e. The summed E-state index contributed by atoms with van der Waals surface area (Å²) in [6.07, 6.45) is 0. The van der Waals surface area contributed by atoms with E-state index in [1.807, 2.05) is 34.9 Å². The van der Waals surface area contributed by atoms with Gasteiger partial charge < -0.3 is 15.5 Å². The molecule has 6 heteroatoms. The van der Waals surface area contributed by atoms with Crippen molar-refractivity contribution in [3.8, 4) is 0 Å². The van der Waals surface area contributed by atoms with Gasteiger partial charge in [-0.1, -0.05) is 0 Å².